The van der Waals surface area contributed by atoms with Crippen LogP contribution in [-0.2, 0) is 4.79 Å². The van der Waals surface area contributed by atoms with Crippen LogP contribution in [0.3, 0.4) is 0 Å². The molecule has 0 saturated heterocycles. The normalized spacial score (nSPS) is 12.1. The highest BCUT2D eigenvalue weighted by Crippen LogP contribution is 2.29. The van der Waals surface area contributed by atoms with Crippen molar-refractivity contribution in [2.75, 3.05) is 11.9 Å². The standard InChI is InChI=1S/C22H15NO4/c24-20(23-14-6-2-1-3-7-14)13-27-15-10-11-18-19(12-15)22(26)17-9-5-4-8-16(17)21(18)25/h1-12H,13H2,(H,23,24). The Morgan fingerprint density at radius 3 is 2.04 bits per heavy atom. The van der Waals surface area contributed by atoms with Crippen molar-refractivity contribution in [1.82, 2.24) is 0 Å². The summed E-state index contributed by atoms with van der Waals surface area (Å²) in [5.41, 5.74) is 2.10. The molecule has 0 unspecified atom stereocenters. The summed E-state index contributed by atoms with van der Waals surface area (Å²) in [7, 11) is 0. The molecule has 0 bridgehead atoms. The SMILES string of the molecule is O=C(COc1ccc2c(c1)C(=O)c1ccccc1C2=O)Nc1ccccc1. The predicted molar refractivity (Wildman–Crippen MR) is 100 cm³/mol. The third kappa shape index (κ3) is 3.22. The van der Waals surface area contributed by atoms with Crippen LogP contribution in [0.4, 0.5) is 5.69 Å². The van der Waals surface area contributed by atoms with Crippen LogP contribution < -0.4 is 10.1 Å². The molecule has 1 aliphatic rings. The Labute approximate surface area is 155 Å². The van der Waals surface area contributed by atoms with Crippen LogP contribution in [0.15, 0.2) is 72.8 Å². The maximum absolute atomic E-state index is 12.7. The molecule has 0 saturated carbocycles. The van der Waals surface area contributed by atoms with Crippen molar-refractivity contribution in [3.05, 3.63) is 95.1 Å². The molecule has 27 heavy (non-hydrogen) atoms. The van der Waals surface area contributed by atoms with Gasteiger partial charge < -0.3 is 10.1 Å². The van der Waals surface area contributed by atoms with Crippen LogP contribution in [0.5, 0.6) is 5.75 Å². The van der Waals surface area contributed by atoms with Gasteiger partial charge in [-0.05, 0) is 30.3 Å². The molecule has 0 atom stereocenters. The molecule has 5 nitrogen and oxygen atoms in total. The molecule has 4 rings (SSSR count). The second kappa shape index (κ2) is 6.88. The molecule has 0 aliphatic heterocycles. The summed E-state index contributed by atoms with van der Waals surface area (Å²) in [6.07, 6.45) is 0. The van der Waals surface area contributed by atoms with Crippen LogP contribution in [0.2, 0.25) is 0 Å². The molecule has 5 heteroatoms. The number of carbonyl (C=O) groups is 3. The molecule has 1 N–H and O–H groups in total. The minimum Gasteiger partial charge on any atom is -0.484 e. The molecule has 132 valence electrons. The van der Waals surface area contributed by atoms with E-state index >= 15 is 0 Å². The van der Waals surface area contributed by atoms with Gasteiger partial charge in [0, 0.05) is 27.9 Å². The molecular formula is C22H15NO4. The summed E-state index contributed by atoms with van der Waals surface area (Å²) in [6.45, 7) is -0.202. The number of nitrogens with one attached hydrogen (secondary N) is 1. The average molecular weight is 357 g/mol. The van der Waals surface area contributed by atoms with E-state index in [-0.39, 0.29) is 24.1 Å². The topological polar surface area (TPSA) is 72.5 Å². The van der Waals surface area contributed by atoms with Gasteiger partial charge in [0.25, 0.3) is 5.91 Å². The number of amides is 1. The van der Waals surface area contributed by atoms with Crippen molar-refractivity contribution < 1.29 is 19.1 Å². The maximum Gasteiger partial charge on any atom is 0.262 e. The Balaban J connectivity index is 1.51. The second-order valence-electron chi connectivity index (χ2n) is 6.11. The monoisotopic (exact) mass is 357 g/mol. The first-order valence-corrected chi connectivity index (χ1v) is 8.43. The van der Waals surface area contributed by atoms with Crippen molar-refractivity contribution in [3.63, 3.8) is 0 Å². The highest BCUT2D eigenvalue weighted by molar-refractivity contribution is 6.28. The number of rotatable bonds is 4. The zero-order chi connectivity index (χ0) is 18.8. The minimum atomic E-state index is -0.313. The first kappa shape index (κ1) is 16.7. The van der Waals surface area contributed by atoms with Gasteiger partial charge in [0.1, 0.15) is 5.75 Å². The highest BCUT2D eigenvalue weighted by atomic mass is 16.5. The van der Waals surface area contributed by atoms with E-state index in [4.69, 9.17) is 4.74 Å². The first-order valence-electron chi connectivity index (χ1n) is 8.43. The van der Waals surface area contributed by atoms with E-state index in [0.29, 0.717) is 33.7 Å². The van der Waals surface area contributed by atoms with Crippen molar-refractivity contribution >= 4 is 23.2 Å². The van der Waals surface area contributed by atoms with Crippen LogP contribution in [-0.4, -0.2) is 24.1 Å². The zero-order valence-corrected chi connectivity index (χ0v) is 14.3. The molecule has 0 aromatic heterocycles. The second-order valence-corrected chi connectivity index (χ2v) is 6.11. The van der Waals surface area contributed by atoms with E-state index in [1.54, 1.807) is 48.5 Å². The number of hydrogen-bond donors (Lipinski definition) is 1. The Kier molecular flexibility index (Phi) is 4.26. The fourth-order valence-electron chi connectivity index (χ4n) is 3.04. The lowest BCUT2D eigenvalue weighted by molar-refractivity contribution is -0.118. The Hall–Kier alpha value is -3.73. The van der Waals surface area contributed by atoms with Crippen molar-refractivity contribution in [1.29, 1.82) is 0 Å². The number of anilines is 1. The van der Waals surface area contributed by atoms with Crippen LogP contribution in [0.25, 0.3) is 0 Å². The van der Waals surface area contributed by atoms with E-state index in [2.05, 4.69) is 5.32 Å². The summed E-state index contributed by atoms with van der Waals surface area (Å²) in [5, 5.41) is 2.72. The summed E-state index contributed by atoms with van der Waals surface area (Å²) in [4.78, 5) is 37.3. The lowest BCUT2D eigenvalue weighted by Crippen LogP contribution is -2.22. The number of carbonyl (C=O) groups excluding carboxylic acids is 3. The van der Waals surface area contributed by atoms with E-state index in [1.807, 2.05) is 18.2 Å². The van der Waals surface area contributed by atoms with Gasteiger partial charge in [-0.25, -0.2) is 0 Å². The predicted octanol–water partition coefficient (Wildman–Crippen LogP) is 3.48. The van der Waals surface area contributed by atoms with Gasteiger partial charge in [0.05, 0.1) is 0 Å². The molecular weight excluding hydrogens is 342 g/mol. The minimum absolute atomic E-state index is 0.187. The molecule has 0 heterocycles. The van der Waals surface area contributed by atoms with Gasteiger partial charge in [-0.1, -0.05) is 42.5 Å². The maximum atomic E-state index is 12.7. The molecule has 3 aromatic rings. The summed E-state index contributed by atoms with van der Waals surface area (Å²) < 4.78 is 5.50. The number of hydrogen-bond acceptors (Lipinski definition) is 4. The average Bonchev–Trinajstić information content (AvgIpc) is 2.71. The Morgan fingerprint density at radius 1 is 0.741 bits per heavy atom. The zero-order valence-electron chi connectivity index (χ0n) is 14.3. The highest BCUT2D eigenvalue weighted by Gasteiger charge is 2.29. The van der Waals surface area contributed by atoms with Gasteiger partial charge in [-0.3, -0.25) is 14.4 Å². The number of benzene rings is 3. The number of fused-ring (bicyclic) bond motifs is 2. The lowest BCUT2D eigenvalue weighted by Gasteiger charge is -2.18. The first-order chi connectivity index (χ1) is 13.1. The molecule has 1 amide bonds. The van der Waals surface area contributed by atoms with Gasteiger partial charge in [0.2, 0.25) is 0 Å². The quantitative estimate of drug-likeness (QED) is 0.607. The summed E-state index contributed by atoms with van der Waals surface area (Å²) in [5.74, 6) is -0.364. The lowest BCUT2D eigenvalue weighted by atomic mass is 9.84. The summed E-state index contributed by atoms with van der Waals surface area (Å²) >= 11 is 0. The van der Waals surface area contributed by atoms with Gasteiger partial charge in [-0.15, -0.1) is 0 Å². The smallest absolute Gasteiger partial charge is 0.262 e. The van der Waals surface area contributed by atoms with E-state index in [0.717, 1.165) is 0 Å². The molecule has 0 radical (unpaired) electrons. The van der Waals surface area contributed by atoms with E-state index in [1.165, 1.54) is 6.07 Å². The van der Waals surface area contributed by atoms with Crippen molar-refractivity contribution in [3.8, 4) is 5.75 Å². The van der Waals surface area contributed by atoms with E-state index in [9.17, 15) is 14.4 Å². The number of para-hydroxylation sites is 1. The van der Waals surface area contributed by atoms with Gasteiger partial charge >= 0.3 is 0 Å². The summed E-state index contributed by atoms with van der Waals surface area (Å²) in [6, 6.07) is 20.5. The molecule has 0 spiro atoms. The Bertz CT molecular complexity index is 1060. The van der Waals surface area contributed by atoms with Crippen LogP contribution in [0.1, 0.15) is 31.8 Å². The van der Waals surface area contributed by atoms with Crippen LogP contribution in [0, 0.1) is 0 Å². The molecule has 0 fully saturated rings. The largest absolute Gasteiger partial charge is 0.484 e. The Morgan fingerprint density at radius 2 is 1.33 bits per heavy atom. The van der Waals surface area contributed by atoms with Crippen molar-refractivity contribution in [2.24, 2.45) is 0 Å². The molecule has 1 aliphatic carbocycles. The fourth-order valence-corrected chi connectivity index (χ4v) is 3.04. The van der Waals surface area contributed by atoms with Gasteiger partial charge in [0.15, 0.2) is 18.2 Å². The third-order valence-corrected chi connectivity index (χ3v) is 4.32. The van der Waals surface area contributed by atoms with E-state index < -0.39 is 0 Å². The number of ether oxygens (including phenoxy) is 1. The van der Waals surface area contributed by atoms with Gasteiger partial charge in [-0.2, -0.15) is 0 Å². The number of ketones is 2. The molecule has 3 aromatic carbocycles. The van der Waals surface area contributed by atoms with Crippen LogP contribution >= 0.6 is 0 Å². The fraction of sp³-hybridized carbons (Fsp3) is 0.0455. The van der Waals surface area contributed by atoms with Crippen molar-refractivity contribution in [2.45, 2.75) is 0 Å². The third-order valence-electron chi connectivity index (χ3n) is 4.32.